The summed E-state index contributed by atoms with van der Waals surface area (Å²) in [6.45, 7) is 6.48. The first kappa shape index (κ1) is 14.3. The molecule has 5 nitrogen and oxygen atoms in total. The van der Waals surface area contributed by atoms with Crippen LogP contribution in [-0.4, -0.2) is 51.5 Å². The highest BCUT2D eigenvalue weighted by atomic mass is 16.5. The van der Waals surface area contributed by atoms with Gasteiger partial charge in [-0.25, -0.2) is 0 Å². The minimum atomic E-state index is -0.193. The highest BCUT2D eigenvalue weighted by molar-refractivity contribution is 5.79. The molecule has 1 aliphatic heterocycles. The van der Waals surface area contributed by atoms with Crippen LogP contribution in [0.1, 0.15) is 26.7 Å². The maximum Gasteiger partial charge on any atom is 0.191 e. The Morgan fingerprint density at radius 1 is 1.47 bits per heavy atom. The molecule has 1 unspecified atom stereocenters. The maximum atomic E-state index is 5.54. The molecule has 0 aromatic carbocycles. The topological polar surface area (TPSA) is 54.9 Å². The predicted molar refractivity (Wildman–Crippen MR) is 69.4 cm³/mol. The van der Waals surface area contributed by atoms with E-state index >= 15 is 0 Å². The van der Waals surface area contributed by atoms with Crippen molar-refractivity contribution >= 4 is 5.96 Å². The van der Waals surface area contributed by atoms with Gasteiger partial charge in [-0.05, 0) is 26.7 Å². The van der Waals surface area contributed by atoms with Crippen molar-refractivity contribution < 1.29 is 9.47 Å². The van der Waals surface area contributed by atoms with E-state index in [4.69, 9.17) is 9.47 Å². The van der Waals surface area contributed by atoms with Crippen molar-refractivity contribution in [2.24, 2.45) is 4.99 Å². The molecule has 0 amide bonds. The van der Waals surface area contributed by atoms with E-state index in [9.17, 15) is 0 Å². The molecule has 1 saturated heterocycles. The molecule has 100 valence electrons. The van der Waals surface area contributed by atoms with Crippen molar-refractivity contribution in [2.75, 3.05) is 33.9 Å². The molecule has 0 aromatic heterocycles. The molecule has 5 heteroatoms. The summed E-state index contributed by atoms with van der Waals surface area (Å²) < 4.78 is 10.9. The van der Waals surface area contributed by atoms with E-state index < -0.39 is 0 Å². The van der Waals surface area contributed by atoms with Gasteiger partial charge in [-0.2, -0.15) is 0 Å². The first-order chi connectivity index (χ1) is 8.07. The van der Waals surface area contributed by atoms with Crippen molar-refractivity contribution in [3.05, 3.63) is 0 Å². The Kier molecular flexibility index (Phi) is 5.71. The Hall–Kier alpha value is -0.810. The molecule has 2 N–H and O–H groups in total. The lowest BCUT2D eigenvalue weighted by Gasteiger charge is -2.24. The van der Waals surface area contributed by atoms with Crippen molar-refractivity contribution in [3.8, 4) is 0 Å². The van der Waals surface area contributed by atoms with E-state index in [0.717, 1.165) is 32.0 Å². The fourth-order valence-electron chi connectivity index (χ4n) is 1.61. The third-order valence-corrected chi connectivity index (χ3v) is 2.98. The van der Waals surface area contributed by atoms with Crippen LogP contribution < -0.4 is 10.6 Å². The lowest BCUT2D eigenvalue weighted by Crippen LogP contribution is -2.46. The monoisotopic (exact) mass is 243 g/mol. The van der Waals surface area contributed by atoms with Gasteiger partial charge in [0.2, 0.25) is 0 Å². The second-order valence-corrected chi connectivity index (χ2v) is 4.91. The van der Waals surface area contributed by atoms with Gasteiger partial charge in [-0.1, -0.05) is 0 Å². The number of methoxy groups -OCH3 is 1. The second kappa shape index (κ2) is 6.81. The van der Waals surface area contributed by atoms with E-state index in [0.29, 0.717) is 12.6 Å². The minimum Gasteiger partial charge on any atom is -0.377 e. The van der Waals surface area contributed by atoms with Crippen LogP contribution in [0.5, 0.6) is 0 Å². The molecule has 0 spiro atoms. The number of nitrogens with one attached hydrogen (secondary N) is 2. The first-order valence-corrected chi connectivity index (χ1v) is 6.18. The molecule has 0 aliphatic carbocycles. The maximum absolute atomic E-state index is 5.54. The van der Waals surface area contributed by atoms with Crippen molar-refractivity contribution in [1.82, 2.24) is 10.6 Å². The zero-order chi connectivity index (χ0) is 12.7. The van der Waals surface area contributed by atoms with Gasteiger partial charge in [-0.15, -0.1) is 0 Å². The average Bonchev–Trinajstić information content (AvgIpc) is 2.82. The van der Waals surface area contributed by atoms with Crippen LogP contribution >= 0.6 is 0 Å². The second-order valence-electron chi connectivity index (χ2n) is 4.91. The number of nitrogens with zero attached hydrogens (tertiary/aromatic N) is 1. The largest absolute Gasteiger partial charge is 0.377 e. The Bertz CT molecular complexity index is 248. The van der Waals surface area contributed by atoms with Crippen LogP contribution in [0.2, 0.25) is 0 Å². The van der Waals surface area contributed by atoms with Gasteiger partial charge in [0, 0.05) is 33.9 Å². The van der Waals surface area contributed by atoms with Crippen LogP contribution in [0.4, 0.5) is 0 Å². The number of hydrogen-bond acceptors (Lipinski definition) is 3. The summed E-state index contributed by atoms with van der Waals surface area (Å²) in [6, 6.07) is 0. The lowest BCUT2D eigenvalue weighted by molar-refractivity contribution is 0.0267. The molecule has 0 aromatic rings. The van der Waals surface area contributed by atoms with Crippen LogP contribution in [-0.2, 0) is 9.47 Å². The molecule has 1 fully saturated rings. The summed E-state index contributed by atoms with van der Waals surface area (Å²) in [5.74, 6) is 0.797. The predicted octanol–water partition coefficient (Wildman–Crippen LogP) is 0.755. The molecule has 1 heterocycles. The van der Waals surface area contributed by atoms with Crippen LogP contribution in [0.15, 0.2) is 4.99 Å². The Balaban J connectivity index is 2.24. The molecule has 1 rings (SSSR count). The fraction of sp³-hybridized carbons (Fsp3) is 0.917. The normalized spacial score (nSPS) is 21.6. The third kappa shape index (κ3) is 5.37. The molecule has 1 aliphatic rings. The Morgan fingerprint density at radius 2 is 2.24 bits per heavy atom. The van der Waals surface area contributed by atoms with E-state index in [1.54, 1.807) is 14.2 Å². The average molecular weight is 243 g/mol. The van der Waals surface area contributed by atoms with Crippen LogP contribution in [0.25, 0.3) is 0 Å². The first-order valence-electron chi connectivity index (χ1n) is 6.18. The van der Waals surface area contributed by atoms with Gasteiger partial charge in [0.25, 0.3) is 0 Å². The number of ether oxygens (including phenoxy) is 2. The number of hydrogen-bond donors (Lipinski definition) is 2. The Labute approximate surface area is 104 Å². The SMILES string of the molecule is CN=C(NCC1CCCO1)NCC(C)(C)OC. The molecular weight excluding hydrogens is 218 g/mol. The smallest absolute Gasteiger partial charge is 0.191 e. The van der Waals surface area contributed by atoms with E-state index in [-0.39, 0.29) is 5.60 Å². The highest BCUT2D eigenvalue weighted by Gasteiger charge is 2.18. The summed E-state index contributed by atoms with van der Waals surface area (Å²) in [7, 11) is 3.48. The highest BCUT2D eigenvalue weighted by Crippen LogP contribution is 2.10. The summed E-state index contributed by atoms with van der Waals surface area (Å²) >= 11 is 0. The van der Waals surface area contributed by atoms with E-state index in [1.807, 2.05) is 13.8 Å². The van der Waals surface area contributed by atoms with E-state index in [2.05, 4.69) is 15.6 Å². The van der Waals surface area contributed by atoms with Crippen molar-refractivity contribution in [1.29, 1.82) is 0 Å². The summed E-state index contributed by atoms with van der Waals surface area (Å²) in [5, 5.41) is 6.51. The molecule has 0 radical (unpaired) electrons. The fourth-order valence-corrected chi connectivity index (χ4v) is 1.61. The van der Waals surface area contributed by atoms with Gasteiger partial charge in [0.1, 0.15) is 0 Å². The van der Waals surface area contributed by atoms with Crippen molar-refractivity contribution in [2.45, 2.75) is 38.4 Å². The zero-order valence-electron chi connectivity index (χ0n) is 11.4. The van der Waals surface area contributed by atoms with E-state index in [1.165, 1.54) is 0 Å². The summed E-state index contributed by atoms with van der Waals surface area (Å²) in [6.07, 6.45) is 2.62. The van der Waals surface area contributed by atoms with Crippen LogP contribution in [0.3, 0.4) is 0 Å². The number of rotatable bonds is 5. The van der Waals surface area contributed by atoms with Crippen molar-refractivity contribution in [3.63, 3.8) is 0 Å². The zero-order valence-corrected chi connectivity index (χ0v) is 11.4. The minimum absolute atomic E-state index is 0.193. The molecule has 1 atom stereocenters. The third-order valence-electron chi connectivity index (χ3n) is 2.98. The molecule has 17 heavy (non-hydrogen) atoms. The lowest BCUT2D eigenvalue weighted by atomic mass is 10.1. The quantitative estimate of drug-likeness (QED) is 0.553. The Morgan fingerprint density at radius 3 is 2.76 bits per heavy atom. The van der Waals surface area contributed by atoms with Gasteiger partial charge >= 0.3 is 0 Å². The molecule has 0 bridgehead atoms. The van der Waals surface area contributed by atoms with Gasteiger partial charge in [-0.3, -0.25) is 4.99 Å². The summed E-state index contributed by atoms with van der Waals surface area (Å²) in [4.78, 5) is 4.17. The standard InChI is InChI=1S/C12H25N3O2/c1-12(2,16-4)9-15-11(13-3)14-8-10-6-5-7-17-10/h10H,5-9H2,1-4H3,(H2,13,14,15). The molecule has 0 saturated carbocycles. The van der Waals surface area contributed by atoms with Crippen LogP contribution in [0, 0.1) is 0 Å². The van der Waals surface area contributed by atoms with Gasteiger partial charge < -0.3 is 20.1 Å². The summed E-state index contributed by atoms with van der Waals surface area (Å²) in [5.41, 5.74) is -0.193. The molecular formula is C12H25N3O2. The number of aliphatic imine (C=N–C) groups is 1. The van der Waals surface area contributed by atoms with Gasteiger partial charge in [0.15, 0.2) is 5.96 Å². The van der Waals surface area contributed by atoms with Gasteiger partial charge in [0.05, 0.1) is 11.7 Å². The number of guanidine groups is 1.